The Hall–Kier alpha value is -2.18. The van der Waals surface area contributed by atoms with Gasteiger partial charge in [-0.3, -0.25) is 10.1 Å². The van der Waals surface area contributed by atoms with E-state index in [2.05, 4.69) is 34.1 Å². The Morgan fingerprint density at radius 3 is 2.81 bits per heavy atom. The first-order valence-corrected chi connectivity index (χ1v) is 7.24. The van der Waals surface area contributed by atoms with Crippen LogP contribution in [0.5, 0.6) is 0 Å². The molecule has 0 bridgehead atoms. The van der Waals surface area contributed by atoms with Crippen molar-refractivity contribution in [3.05, 3.63) is 22.2 Å². The Balaban J connectivity index is 1.93. The normalized spacial score (nSPS) is 25.9. The van der Waals surface area contributed by atoms with Crippen molar-refractivity contribution in [1.82, 2.24) is 10.3 Å². The lowest BCUT2D eigenvalue weighted by Crippen LogP contribution is -2.35. The molecule has 1 aliphatic rings. The van der Waals surface area contributed by atoms with Gasteiger partial charge in [0.15, 0.2) is 5.52 Å². The molecule has 3 atom stereocenters. The summed E-state index contributed by atoms with van der Waals surface area (Å²) >= 11 is 0. The fraction of sp³-hybridized carbons (Fsp3) is 0.571. The topological polar surface area (TPSA) is 94.1 Å². The van der Waals surface area contributed by atoms with Gasteiger partial charge >= 0.3 is 5.69 Å². The van der Waals surface area contributed by atoms with Crippen LogP contribution in [0.15, 0.2) is 16.8 Å². The van der Waals surface area contributed by atoms with E-state index in [0.29, 0.717) is 23.4 Å². The number of nitrogens with one attached hydrogen (secondary N) is 1. The van der Waals surface area contributed by atoms with E-state index >= 15 is 0 Å². The lowest BCUT2D eigenvalue weighted by molar-refractivity contribution is -0.383. The zero-order valence-corrected chi connectivity index (χ0v) is 12.1. The van der Waals surface area contributed by atoms with E-state index in [-0.39, 0.29) is 11.2 Å². The summed E-state index contributed by atoms with van der Waals surface area (Å²) in [5, 5.41) is 21.9. The summed E-state index contributed by atoms with van der Waals surface area (Å²) in [5.41, 5.74) is 1.29. The fourth-order valence-electron chi connectivity index (χ4n) is 3.10. The highest BCUT2D eigenvalue weighted by Crippen LogP contribution is 2.34. The predicted octanol–water partition coefficient (Wildman–Crippen LogP) is 3.37. The number of nitro benzene ring substituents is 1. The van der Waals surface area contributed by atoms with Gasteiger partial charge in [-0.1, -0.05) is 26.7 Å². The molecule has 1 saturated carbocycles. The molecule has 3 rings (SSSR count). The molecule has 0 amide bonds. The number of rotatable bonds is 3. The van der Waals surface area contributed by atoms with E-state index in [0.717, 1.165) is 12.1 Å². The van der Waals surface area contributed by atoms with E-state index in [1.54, 1.807) is 6.07 Å². The average molecular weight is 290 g/mol. The number of nitro groups is 1. The zero-order chi connectivity index (χ0) is 15.0. The molecule has 7 heteroatoms. The first-order valence-electron chi connectivity index (χ1n) is 7.24. The van der Waals surface area contributed by atoms with Crippen molar-refractivity contribution >= 4 is 22.4 Å². The van der Waals surface area contributed by atoms with Crippen LogP contribution >= 0.6 is 0 Å². The van der Waals surface area contributed by atoms with Gasteiger partial charge in [-0.25, -0.2) is 4.63 Å². The van der Waals surface area contributed by atoms with Crippen molar-refractivity contribution in [2.24, 2.45) is 11.8 Å². The highest BCUT2D eigenvalue weighted by molar-refractivity contribution is 5.93. The van der Waals surface area contributed by atoms with E-state index in [1.165, 1.54) is 18.9 Å². The third-order valence-electron chi connectivity index (χ3n) is 4.64. The highest BCUT2D eigenvalue weighted by atomic mass is 16.6. The van der Waals surface area contributed by atoms with Gasteiger partial charge in [-0.15, -0.1) is 0 Å². The molecular weight excluding hydrogens is 272 g/mol. The number of aromatic nitrogens is 2. The minimum Gasteiger partial charge on any atom is -0.380 e. The second-order valence-electron chi connectivity index (χ2n) is 5.87. The molecule has 1 N–H and O–H groups in total. The standard InChI is InChI=1S/C14H18N4O3/c1-8-4-3-5-10(9(8)2)15-11-6-7-12(18(19)20)14-13(11)16-21-17-14/h6-10,15H,3-5H2,1-2H3. The predicted molar refractivity (Wildman–Crippen MR) is 78.0 cm³/mol. The van der Waals surface area contributed by atoms with Crippen molar-refractivity contribution < 1.29 is 9.55 Å². The third kappa shape index (κ3) is 2.43. The van der Waals surface area contributed by atoms with Crippen molar-refractivity contribution in [2.75, 3.05) is 5.32 Å². The number of benzene rings is 1. The molecule has 7 nitrogen and oxygen atoms in total. The summed E-state index contributed by atoms with van der Waals surface area (Å²) in [6, 6.07) is 3.48. The minimum atomic E-state index is -0.471. The van der Waals surface area contributed by atoms with E-state index in [4.69, 9.17) is 0 Å². The first kappa shape index (κ1) is 13.8. The Morgan fingerprint density at radius 1 is 1.29 bits per heavy atom. The SMILES string of the molecule is CC1CCCC(Nc2ccc([N+](=O)[O-])c3nonc23)C1C. The minimum absolute atomic E-state index is 0.0816. The fourth-order valence-corrected chi connectivity index (χ4v) is 3.10. The van der Waals surface area contributed by atoms with Crippen molar-refractivity contribution in [3.8, 4) is 0 Å². The molecule has 2 aromatic rings. The Bertz CT molecular complexity index is 669. The molecule has 3 unspecified atom stereocenters. The van der Waals surface area contributed by atoms with Gasteiger partial charge in [0.2, 0.25) is 5.52 Å². The summed E-state index contributed by atoms with van der Waals surface area (Å²) in [5.74, 6) is 1.21. The maximum Gasteiger partial charge on any atom is 0.300 e. The number of hydrogen-bond acceptors (Lipinski definition) is 6. The van der Waals surface area contributed by atoms with Crippen molar-refractivity contribution in [3.63, 3.8) is 0 Å². The van der Waals surface area contributed by atoms with Crippen LogP contribution in [0, 0.1) is 22.0 Å². The van der Waals surface area contributed by atoms with Crippen LogP contribution in [0.4, 0.5) is 11.4 Å². The van der Waals surface area contributed by atoms with Crippen molar-refractivity contribution in [2.45, 2.75) is 39.2 Å². The number of fused-ring (bicyclic) bond motifs is 1. The van der Waals surface area contributed by atoms with E-state index in [9.17, 15) is 10.1 Å². The summed E-state index contributed by atoms with van der Waals surface area (Å²) in [7, 11) is 0. The molecule has 0 spiro atoms. The van der Waals surface area contributed by atoms with Crippen molar-refractivity contribution in [1.29, 1.82) is 0 Å². The highest BCUT2D eigenvalue weighted by Gasteiger charge is 2.28. The maximum absolute atomic E-state index is 11.0. The number of anilines is 1. The molecule has 112 valence electrons. The molecule has 1 aromatic heterocycles. The molecule has 0 aliphatic heterocycles. The Labute approximate surface area is 121 Å². The maximum atomic E-state index is 11.0. The lowest BCUT2D eigenvalue weighted by atomic mass is 9.78. The Morgan fingerprint density at radius 2 is 2.05 bits per heavy atom. The van der Waals surface area contributed by atoms with Crippen LogP contribution in [0.3, 0.4) is 0 Å². The summed E-state index contributed by atoms with van der Waals surface area (Å²) in [6.45, 7) is 4.51. The van der Waals surface area contributed by atoms with Gasteiger partial charge in [0.05, 0.1) is 10.6 Å². The second-order valence-corrected chi connectivity index (χ2v) is 5.87. The monoisotopic (exact) mass is 290 g/mol. The summed E-state index contributed by atoms with van der Waals surface area (Å²) < 4.78 is 4.69. The van der Waals surface area contributed by atoms with Crippen LogP contribution in [-0.4, -0.2) is 21.3 Å². The average Bonchev–Trinajstić information content (AvgIpc) is 2.93. The van der Waals surface area contributed by atoms with Gasteiger partial charge in [-0.05, 0) is 34.6 Å². The van der Waals surface area contributed by atoms with Crippen LogP contribution in [0.25, 0.3) is 11.0 Å². The number of non-ortho nitro benzene ring substituents is 1. The molecule has 1 aromatic carbocycles. The molecule has 0 saturated heterocycles. The number of nitrogens with zero attached hydrogens (tertiary/aromatic N) is 3. The second kappa shape index (κ2) is 5.31. The van der Waals surface area contributed by atoms with Crippen LogP contribution < -0.4 is 5.32 Å². The Kier molecular flexibility index (Phi) is 3.48. The lowest BCUT2D eigenvalue weighted by Gasteiger charge is -2.35. The zero-order valence-electron chi connectivity index (χ0n) is 12.1. The molecule has 1 heterocycles. The molecular formula is C14H18N4O3. The van der Waals surface area contributed by atoms with E-state index in [1.807, 2.05) is 0 Å². The van der Waals surface area contributed by atoms with Gasteiger partial charge in [0.1, 0.15) is 0 Å². The van der Waals surface area contributed by atoms with Crippen LogP contribution in [-0.2, 0) is 0 Å². The molecule has 1 aliphatic carbocycles. The summed E-state index contributed by atoms with van der Waals surface area (Å²) in [6.07, 6.45) is 3.53. The van der Waals surface area contributed by atoms with Gasteiger partial charge < -0.3 is 5.32 Å². The van der Waals surface area contributed by atoms with Crippen LogP contribution in [0.2, 0.25) is 0 Å². The van der Waals surface area contributed by atoms with Gasteiger partial charge in [0.25, 0.3) is 0 Å². The summed E-state index contributed by atoms with van der Waals surface area (Å²) in [4.78, 5) is 10.5. The smallest absolute Gasteiger partial charge is 0.300 e. The molecule has 1 fully saturated rings. The largest absolute Gasteiger partial charge is 0.380 e. The van der Waals surface area contributed by atoms with E-state index < -0.39 is 4.92 Å². The third-order valence-corrected chi connectivity index (χ3v) is 4.64. The quantitative estimate of drug-likeness (QED) is 0.688. The number of hydrogen-bond donors (Lipinski definition) is 1. The van der Waals surface area contributed by atoms with Gasteiger partial charge in [-0.2, -0.15) is 0 Å². The van der Waals surface area contributed by atoms with Crippen LogP contribution in [0.1, 0.15) is 33.1 Å². The first-order chi connectivity index (χ1) is 10.1. The van der Waals surface area contributed by atoms with Gasteiger partial charge in [0, 0.05) is 12.1 Å². The molecule has 0 radical (unpaired) electrons. The molecule has 21 heavy (non-hydrogen) atoms.